The van der Waals surface area contributed by atoms with Crippen LogP contribution in [-0.2, 0) is 9.53 Å². The van der Waals surface area contributed by atoms with E-state index < -0.39 is 5.97 Å². The van der Waals surface area contributed by atoms with Gasteiger partial charge < -0.3 is 19.2 Å². The van der Waals surface area contributed by atoms with Crippen LogP contribution in [0.1, 0.15) is 19.3 Å². The molecule has 8 heteroatoms. The monoisotopic (exact) mass is 445 g/mol. The summed E-state index contributed by atoms with van der Waals surface area (Å²) in [5.41, 5.74) is 1.82. The van der Waals surface area contributed by atoms with Crippen LogP contribution in [0.5, 0.6) is 0 Å². The molecule has 1 fully saturated rings. The number of carboxylic acid groups (broad SMARTS) is 1. The standard InChI is InChI=1S/C20H20BrN3O4/c21-13-3-4-15-16(18-10-22-12-28-18)9-19(23-17(15)8-13)24-6-1-2-14(24)11-27-7-5-20(25)26/h3-4,8-10,12,14H,1-2,5-7,11H2,(H,25,26)/t14-/m0/s1. The van der Waals surface area contributed by atoms with Gasteiger partial charge in [0.1, 0.15) is 5.82 Å². The van der Waals surface area contributed by atoms with E-state index in [-0.39, 0.29) is 19.1 Å². The molecule has 1 aliphatic heterocycles. The predicted octanol–water partition coefficient (Wildman–Crippen LogP) is 4.11. The van der Waals surface area contributed by atoms with E-state index in [1.807, 2.05) is 24.3 Å². The van der Waals surface area contributed by atoms with Crippen LogP contribution in [0, 0.1) is 0 Å². The summed E-state index contributed by atoms with van der Waals surface area (Å²) in [5.74, 6) is 0.715. The lowest BCUT2D eigenvalue weighted by atomic mass is 10.1. The number of halogens is 1. The van der Waals surface area contributed by atoms with E-state index in [1.165, 1.54) is 6.39 Å². The van der Waals surface area contributed by atoms with Crippen molar-refractivity contribution >= 4 is 38.6 Å². The summed E-state index contributed by atoms with van der Waals surface area (Å²) in [4.78, 5) is 21.8. The van der Waals surface area contributed by atoms with Crippen molar-refractivity contribution in [2.24, 2.45) is 0 Å². The van der Waals surface area contributed by atoms with Crippen LogP contribution in [0.15, 0.2) is 45.7 Å². The third-order valence-electron chi connectivity index (χ3n) is 4.90. The van der Waals surface area contributed by atoms with E-state index in [9.17, 15) is 4.79 Å². The molecule has 1 aromatic carbocycles. The minimum absolute atomic E-state index is 0.0185. The Bertz CT molecular complexity index is 977. The average molecular weight is 446 g/mol. The molecule has 0 saturated carbocycles. The lowest BCUT2D eigenvalue weighted by Gasteiger charge is -2.26. The number of benzene rings is 1. The first-order valence-electron chi connectivity index (χ1n) is 9.17. The zero-order chi connectivity index (χ0) is 19.5. The third-order valence-corrected chi connectivity index (χ3v) is 5.39. The molecule has 1 aliphatic rings. The van der Waals surface area contributed by atoms with Crippen LogP contribution < -0.4 is 4.90 Å². The minimum atomic E-state index is -0.846. The number of carboxylic acids is 1. The van der Waals surface area contributed by atoms with Crippen LogP contribution in [0.2, 0.25) is 0 Å². The van der Waals surface area contributed by atoms with Gasteiger partial charge >= 0.3 is 5.97 Å². The first-order chi connectivity index (χ1) is 13.6. The van der Waals surface area contributed by atoms with E-state index in [1.54, 1.807) is 6.20 Å². The molecular weight excluding hydrogens is 426 g/mol. The van der Waals surface area contributed by atoms with E-state index in [0.29, 0.717) is 12.4 Å². The number of hydrogen-bond acceptors (Lipinski definition) is 6. The molecule has 0 spiro atoms. The lowest BCUT2D eigenvalue weighted by molar-refractivity contribution is -0.138. The zero-order valence-corrected chi connectivity index (χ0v) is 16.8. The maximum atomic E-state index is 10.7. The second-order valence-corrected chi connectivity index (χ2v) is 7.68. The molecule has 4 rings (SSSR count). The quantitative estimate of drug-likeness (QED) is 0.547. The molecular formula is C20H20BrN3O4. The van der Waals surface area contributed by atoms with Gasteiger partial charge in [-0.25, -0.2) is 9.97 Å². The number of aromatic nitrogens is 2. The van der Waals surface area contributed by atoms with Gasteiger partial charge in [-0.3, -0.25) is 4.79 Å². The zero-order valence-electron chi connectivity index (χ0n) is 15.2. The molecule has 28 heavy (non-hydrogen) atoms. The summed E-state index contributed by atoms with van der Waals surface area (Å²) in [7, 11) is 0. The molecule has 3 aromatic rings. The topological polar surface area (TPSA) is 88.7 Å². The number of ether oxygens (including phenoxy) is 1. The van der Waals surface area contributed by atoms with Crippen LogP contribution in [0.4, 0.5) is 5.82 Å². The van der Waals surface area contributed by atoms with Gasteiger partial charge in [-0.2, -0.15) is 0 Å². The van der Waals surface area contributed by atoms with E-state index in [4.69, 9.17) is 19.2 Å². The fourth-order valence-corrected chi connectivity index (χ4v) is 3.93. The maximum absolute atomic E-state index is 10.7. The van der Waals surface area contributed by atoms with Crippen LogP contribution in [-0.4, -0.2) is 46.8 Å². The first kappa shape index (κ1) is 18.9. The highest BCUT2D eigenvalue weighted by Gasteiger charge is 2.27. The molecule has 1 saturated heterocycles. The van der Waals surface area contributed by atoms with Crippen molar-refractivity contribution < 1.29 is 19.1 Å². The number of nitrogens with zero attached hydrogens (tertiary/aromatic N) is 3. The van der Waals surface area contributed by atoms with Crippen LogP contribution in [0.25, 0.3) is 22.2 Å². The molecule has 2 aromatic heterocycles. The number of rotatable bonds is 7. The Morgan fingerprint density at radius 1 is 1.39 bits per heavy atom. The Morgan fingerprint density at radius 3 is 3.07 bits per heavy atom. The third kappa shape index (κ3) is 4.02. The fourth-order valence-electron chi connectivity index (χ4n) is 3.58. The molecule has 0 amide bonds. The van der Waals surface area contributed by atoms with Crippen molar-refractivity contribution in [1.29, 1.82) is 0 Å². The number of carbonyl (C=O) groups is 1. The number of hydrogen-bond donors (Lipinski definition) is 1. The number of anilines is 1. The van der Waals surface area contributed by atoms with Gasteiger partial charge in [0.15, 0.2) is 12.2 Å². The number of aliphatic carboxylic acids is 1. The smallest absolute Gasteiger partial charge is 0.305 e. The summed E-state index contributed by atoms with van der Waals surface area (Å²) in [6, 6.07) is 8.20. The van der Waals surface area contributed by atoms with Crippen molar-refractivity contribution in [2.45, 2.75) is 25.3 Å². The average Bonchev–Trinajstić information content (AvgIpc) is 3.36. The number of fused-ring (bicyclic) bond motifs is 1. The SMILES string of the molecule is O=C(O)CCOC[C@@H]1CCCN1c1cc(-c2cnco2)c2ccc(Br)cc2n1. The Hall–Kier alpha value is -2.45. The van der Waals surface area contributed by atoms with Gasteiger partial charge in [0.2, 0.25) is 0 Å². The molecule has 0 bridgehead atoms. The second-order valence-electron chi connectivity index (χ2n) is 6.76. The maximum Gasteiger partial charge on any atom is 0.305 e. The summed E-state index contributed by atoms with van der Waals surface area (Å²) >= 11 is 3.52. The molecule has 7 nitrogen and oxygen atoms in total. The molecule has 1 atom stereocenters. The van der Waals surface area contributed by atoms with Crippen molar-refractivity contribution in [2.75, 3.05) is 24.7 Å². The van der Waals surface area contributed by atoms with Crippen molar-refractivity contribution in [1.82, 2.24) is 9.97 Å². The summed E-state index contributed by atoms with van der Waals surface area (Å²) in [5, 5.41) is 9.76. The number of oxazole rings is 1. The summed E-state index contributed by atoms with van der Waals surface area (Å²) in [6.45, 7) is 1.60. The number of pyridine rings is 1. The molecule has 146 valence electrons. The highest BCUT2D eigenvalue weighted by atomic mass is 79.9. The normalized spacial score (nSPS) is 16.8. The van der Waals surface area contributed by atoms with Gasteiger partial charge in [-0.05, 0) is 31.0 Å². The minimum Gasteiger partial charge on any atom is -0.481 e. The van der Waals surface area contributed by atoms with Gasteiger partial charge in [-0.1, -0.05) is 22.0 Å². The fraction of sp³-hybridized carbons (Fsp3) is 0.350. The largest absolute Gasteiger partial charge is 0.481 e. The summed E-state index contributed by atoms with van der Waals surface area (Å²) in [6.07, 6.45) is 5.18. The van der Waals surface area contributed by atoms with E-state index >= 15 is 0 Å². The Balaban J connectivity index is 1.65. The van der Waals surface area contributed by atoms with Crippen molar-refractivity contribution in [3.05, 3.63) is 41.3 Å². The second kappa shape index (κ2) is 8.28. The molecule has 0 unspecified atom stereocenters. The molecule has 1 N–H and O–H groups in total. The van der Waals surface area contributed by atoms with Gasteiger partial charge in [-0.15, -0.1) is 0 Å². The predicted molar refractivity (Wildman–Crippen MR) is 108 cm³/mol. The Kier molecular flexibility index (Phi) is 5.59. The Morgan fingerprint density at radius 2 is 2.29 bits per heavy atom. The van der Waals surface area contributed by atoms with Gasteiger partial charge in [0.05, 0.1) is 37.4 Å². The lowest BCUT2D eigenvalue weighted by Crippen LogP contribution is -2.34. The Labute approximate surface area is 170 Å². The molecule has 0 aliphatic carbocycles. The first-order valence-corrected chi connectivity index (χ1v) is 9.96. The van der Waals surface area contributed by atoms with Gasteiger partial charge in [0, 0.05) is 22.0 Å². The molecule has 3 heterocycles. The highest BCUT2D eigenvalue weighted by molar-refractivity contribution is 9.10. The van der Waals surface area contributed by atoms with Crippen molar-refractivity contribution in [3.8, 4) is 11.3 Å². The van der Waals surface area contributed by atoms with Crippen LogP contribution in [0.3, 0.4) is 0 Å². The summed E-state index contributed by atoms with van der Waals surface area (Å²) < 4.78 is 12.1. The van der Waals surface area contributed by atoms with E-state index in [0.717, 1.165) is 46.1 Å². The van der Waals surface area contributed by atoms with Crippen molar-refractivity contribution in [3.63, 3.8) is 0 Å². The van der Waals surface area contributed by atoms with Crippen LogP contribution >= 0.6 is 15.9 Å². The highest BCUT2D eigenvalue weighted by Crippen LogP contribution is 2.34. The molecule has 0 radical (unpaired) electrons. The van der Waals surface area contributed by atoms with E-state index in [2.05, 4.69) is 25.8 Å². The van der Waals surface area contributed by atoms with Gasteiger partial charge in [0.25, 0.3) is 0 Å².